The van der Waals surface area contributed by atoms with Crippen LogP contribution in [0.2, 0.25) is 0 Å². The van der Waals surface area contributed by atoms with Crippen LogP contribution in [0.3, 0.4) is 0 Å². The first kappa shape index (κ1) is 11.1. The van der Waals surface area contributed by atoms with Crippen molar-refractivity contribution in [2.24, 2.45) is 0 Å². The number of para-hydroxylation sites is 1. The molecule has 0 fully saturated rings. The van der Waals surface area contributed by atoms with Gasteiger partial charge in [-0.15, -0.1) is 0 Å². The number of hydrogen-bond donors (Lipinski definition) is 2. The fourth-order valence-corrected chi connectivity index (χ4v) is 1.30. The molecule has 0 unspecified atom stereocenters. The number of ether oxygens (including phenoxy) is 2. The molecule has 5 nitrogen and oxygen atoms in total. The summed E-state index contributed by atoms with van der Waals surface area (Å²) in [5.41, 5.74) is 5.84. The number of nitrogens with zero attached hydrogens (tertiary/aromatic N) is 1. The van der Waals surface area contributed by atoms with Gasteiger partial charge in [0.05, 0.1) is 7.11 Å². The normalized spacial score (nSPS) is 9.94. The summed E-state index contributed by atoms with van der Waals surface area (Å²) in [4.78, 5) is 4.08. The Balaban J connectivity index is 2.28. The van der Waals surface area contributed by atoms with E-state index in [1.807, 2.05) is 0 Å². The lowest BCUT2D eigenvalue weighted by atomic mass is 10.3. The summed E-state index contributed by atoms with van der Waals surface area (Å²) < 4.78 is 10.4. The van der Waals surface area contributed by atoms with E-state index in [0.717, 1.165) is 0 Å². The van der Waals surface area contributed by atoms with Crippen LogP contribution in [0, 0.1) is 0 Å². The molecule has 88 valence electrons. The Bertz CT molecular complexity index is 529. The first-order valence-corrected chi connectivity index (χ1v) is 4.97. The van der Waals surface area contributed by atoms with Gasteiger partial charge in [0.2, 0.25) is 11.8 Å². The molecule has 0 aliphatic heterocycles. The Hall–Kier alpha value is -2.43. The molecule has 3 N–H and O–H groups in total. The third-order valence-electron chi connectivity index (χ3n) is 2.16. The van der Waals surface area contributed by atoms with Crippen LogP contribution in [-0.4, -0.2) is 17.2 Å². The summed E-state index contributed by atoms with van der Waals surface area (Å²) in [6.07, 6.45) is 0. The maximum Gasteiger partial charge on any atom is 0.222 e. The molecule has 2 rings (SSSR count). The van der Waals surface area contributed by atoms with E-state index in [4.69, 9.17) is 15.2 Å². The number of phenolic OH excluding ortho intramolecular Hbond substituents is 1. The molecule has 0 amide bonds. The molecular formula is C12H12N2O3. The van der Waals surface area contributed by atoms with E-state index >= 15 is 0 Å². The summed E-state index contributed by atoms with van der Waals surface area (Å²) >= 11 is 0. The predicted molar refractivity (Wildman–Crippen MR) is 63.4 cm³/mol. The Labute approximate surface area is 98.4 Å². The third kappa shape index (κ3) is 2.39. The van der Waals surface area contributed by atoms with Crippen LogP contribution in [0.4, 0.5) is 5.69 Å². The van der Waals surface area contributed by atoms with Gasteiger partial charge in [-0.2, -0.15) is 4.98 Å². The second kappa shape index (κ2) is 4.61. The molecule has 0 aliphatic carbocycles. The van der Waals surface area contributed by atoms with E-state index in [1.165, 1.54) is 13.2 Å². The molecule has 0 saturated heterocycles. The van der Waals surface area contributed by atoms with Gasteiger partial charge in [0.25, 0.3) is 0 Å². The highest BCUT2D eigenvalue weighted by Crippen LogP contribution is 2.33. The van der Waals surface area contributed by atoms with Crippen LogP contribution < -0.4 is 15.2 Å². The Morgan fingerprint density at radius 3 is 2.59 bits per heavy atom. The van der Waals surface area contributed by atoms with E-state index in [-0.39, 0.29) is 11.4 Å². The van der Waals surface area contributed by atoms with Gasteiger partial charge in [0.15, 0.2) is 5.75 Å². The molecular weight excluding hydrogens is 220 g/mol. The Morgan fingerprint density at radius 2 is 1.82 bits per heavy atom. The smallest absolute Gasteiger partial charge is 0.222 e. The van der Waals surface area contributed by atoms with Crippen LogP contribution in [-0.2, 0) is 0 Å². The van der Waals surface area contributed by atoms with Gasteiger partial charge in [-0.05, 0) is 12.1 Å². The number of aromatic hydroxyl groups is 1. The zero-order valence-electron chi connectivity index (χ0n) is 9.25. The minimum absolute atomic E-state index is 0.0228. The molecule has 0 aliphatic rings. The lowest BCUT2D eigenvalue weighted by Gasteiger charge is -2.09. The van der Waals surface area contributed by atoms with Crippen molar-refractivity contribution in [3.63, 3.8) is 0 Å². The van der Waals surface area contributed by atoms with Crippen LogP contribution in [0.15, 0.2) is 36.4 Å². The summed E-state index contributed by atoms with van der Waals surface area (Å²) in [5, 5.41) is 9.43. The van der Waals surface area contributed by atoms with Gasteiger partial charge >= 0.3 is 0 Å². The van der Waals surface area contributed by atoms with Crippen LogP contribution in [0.1, 0.15) is 0 Å². The fourth-order valence-electron chi connectivity index (χ4n) is 1.30. The minimum atomic E-state index is -0.0228. The van der Waals surface area contributed by atoms with Crippen molar-refractivity contribution in [3.8, 4) is 23.3 Å². The quantitative estimate of drug-likeness (QED) is 0.626. The van der Waals surface area contributed by atoms with Crippen molar-refractivity contribution in [1.29, 1.82) is 0 Å². The van der Waals surface area contributed by atoms with Gasteiger partial charge in [-0.3, -0.25) is 0 Å². The maximum absolute atomic E-state index is 9.43. The maximum atomic E-state index is 9.43. The number of phenols is 1. The number of aromatic nitrogens is 1. The van der Waals surface area contributed by atoms with E-state index in [9.17, 15) is 5.11 Å². The van der Waals surface area contributed by atoms with Gasteiger partial charge in [-0.25, -0.2) is 0 Å². The molecule has 0 atom stereocenters. The standard InChI is InChI=1S/C12H12N2O3/c1-16-10-6-3-7-11(14-10)17-9-5-2-4-8(15)12(9)13/h2-7,15H,13H2,1H3. The molecule has 0 saturated carbocycles. The summed E-state index contributed by atoms with van der Waals surface area (Å²) in [7, 11) is 1.52. The molecule has 1 aromatic carbocycles. The van der Waals surface area contributed by atoms with Gasteiger partial charge in [0.1, 0.15) is 11.4 Å². The average molecular weight is 232 g/mol. The number of pyridine rings is 1. The van der Waals surface area contributed by atoms with Crippen molar-refractivity contribution in [2.45, 2.75) is 0 Å². The molecule has 5 heteroatoms. The van der Waals surface area contributed by atoms with Crippen molar-refractivity contribution >= 4 is 5.69 Å². The Kier molecular flexibility index (Phi) is 3.00. The topological polar surface area (TPSA) is 77.6 Å². The van der Waals surface area contributed by atoms with Crippen molar-refractivity contribution in [3.05, 3.63) is 36.4 Å². The highest BCUT2D eigenvalue weighted by atomic mass is 16.5. The van der Waals surface area contributed by atoms with Gasteiger partial charge < -0.3 is 20.3 Å². The van der Waals surface area contributed by atoms with Gasteiger partial charge in [-0.1, -0.05) is 12.1 Å². The number of anilines is 1. The van der Waals surface area contributed by atoms with Crippen LogP contribution >= 0.6 is 0 Å². The molecule has 1 aromatic heterocycles. The first-order valence-electron chi connectivity index (χ1n) is 4.97. The van der Waals surface area contributed by atoms with E-state index in [1.54, 1.807) is 30.3 Å². The summed E-state index contributed by atoms with van der Waals surface area (Å²) in [6, 6.07) is 9.91. The summed E-state index contributed by atoms with van der Waals surface area (Å²) in [5.74, 6) is 1.12. The average Bonchev–Trinajstić information content (AvgIpc) is 2.35. The molecule has 17 heavy (non-hydrogen) atoms. The molecule has 2 aromatic rings. The third-order valence-corrected chi connectivity index (χ3v) is 2.16. The summed E-state index contributed by atoms with van der Waals surface area (Å²) in [6.45, 7) is 0. The van der Waals surface area contributed by atoms with Crippen molar-refractivity contribution < 1.29 is 14.6 Å². The first-order chi connectivity index (χ1) is 8.20. The van der Waals surface area contributed by atoms with E-state index in [0.29, 0.717) is 17.5 Å². The fraction of sp³-hybridized carbons (Fsp3) is 0.0833. The Morgan fingerprint density at radius 1 is 1.12 bits per heavy atom. The number of rotatable bonds is 3. The molecule has 0 radical (unpaired) electrons. The molecule has 0 bridgehead atoms. The van der Waals surface area contributed by atoms with Crippen molar-refractivity contribution in [2.75, 3.05) is 12.8 Å². The van der Waals surface area contributed by atoms with Crippen molar-refractivity contribution in [1.82, 2.24) is 4.98 Å². The second-order valence-corrected chi connectivity index (χ2v) is 3.31. The lowest BCUT2D eigenvalue weighted by molar-refractivity contribution is 0.383. The minimum Gasteiger partial charge on any atom is -0.506 e. The van der Waals surface area contributed by atoms with Crippen LogP contribution in [0.25, 0.3) is 0 Å². The number of benzene rings is 1. The van der Waals surface area contributed by atoms with Crippen LogP contribution in [0.5, 0.6) is 23.3 Å². The van der Waals surface area contributed by atoms with E-state index < -0.39 is 0 Å². The monoisotopic (exact) mass is 232 g/mol. The number of nitrogen functional groups attached to an aromatic ring is 1. The zero-order valence-corrected chi connectivity index (χ0v) is 9.25. The highest BCUT2D eigenvalue weighted by Gasteiger charge is 2.07. The number of nitrogens with two attached hydrogens (primary N) is 1. The lowest BCUT2D eigenvalue weighted by Crippen LogP contribution is -1.95. The number of methoxy groups -OCH3 is 1. The SMILES string of the molecule is COc1cccc(Oc2cccc(O)c2N)n1. The van der Waals surface area contributed by atoms with E-state index in [2.05, 4.69) is 4.98 Å². The second-order valence-electron chi connectivity index (χ2n) is 3.31. The predicted octanol–water partition coefficient (Wildman–Crippen LogP) is 2.17. The highest BCUT2D eigenvalue weighted by molar-refractivity contribution is 5.62. The zero-order chi connectivity index (χ0) is 12.3. The molecule has 1 heterocycles. The van der Waals surface area contributed by atoms with Gasteiger partial charge in [0, 0.05) is 12.1 Å². The number of hydrogen-bond acceptors (Lipinski definition) is 5. The largest absolute Gasteiger partial charge is 0.506 e. The molecule has 0 spiro atoms.